The van der Waals surface area contributed by atoms with Crippen LogP contribution in [0.2, 0.25) is 0 Å². The molecule has 3 rings (SSSR count). The molecular formula is C20H27F2N3O7S. The maximum absolute atomic E-state index is 14.9. The van der Waals surface area contributed by atoms with Crippen molar-refractivity contribution in [2.24, 2.45) is 0 Å². The molecule has 184 valence electrons. The van der Waals surface area contributed by atoms with Crippen molar-refractivity contribution in [1.82, 2.24) is 4.90 Å². The number of rotatable bonds is 5. The maximum Gasteiger partial charge on any atom is 0.414 e. The highest BCUT2D eigenvalue weighted by Gasteiger charge is 2.35. The van der Waals surface area contributed by atoms with E-state index in [1.54, 1.807) is 20.8 Å². The summed E-state index contributed by atoms with van der Waals surface area (Å²) in [6.07, 6.45) is -1.40. The quantitative estimate of drug-likeness (QED) is 0.578. The van der Waals surface area contributed by atoms with Gasteiger partial charge in [-0.15, -0.1) is 0 Å². The lowest BCUT2D eigenvalue weighted by Crippen LogP contribution is -2.50. The van der Waals surface area contributed by atoms with Gasteiger partial charge in [0.25, 0.3) is 10.1 Å². The Morgan fingerprint density at radius 2 is 1.73 bits per heavy atom. The molecule has 1 aromatic carbocycles. The van der Waals surface area contributed by atoms with Gasteiger partial charge < -0.3 is 19.3 Å². The summed E-state index contributed by atoms with van der Waals surface area (Å²) in [4.78, 5) is 28.3. The Balaban J connectivity index is 1.66. The van der Waals surface area contributed by atoms with Crippen molar-refractivity contribution in [2.45, 2.75) is 32.5 Å². The zero-order chi connectivity index (χ0) is 24.6. The molecule has 2 aliphatic rings. The molecule has 2 aliphatic heterocycles. The number of ether oxygens (including phenoxy) is 2. The fourth-order valence-electron chi connectivity index (χ4n) is 3.47. The van der Waals surface area contributed by atoms with Gasteiger partial charge in [-0.05, 0) is 20.8 Å². The van der Waals surface area contributed by atoms with Crippen molar-refractivity contribution < 1.29 is 40.4 Å². The fraction of sp³-hybridized carbons (Fsp3) is 0.600. The number of amides is 2. The lowest BCUT2D eigenvalue weighted by Gasteiger charge is -2.37. The number of piperazine rings is 1. The highest BCUT2D eigenvalue weighted by Crippen LogP contribution is 2.31. The van der Waals surface area contributed by atoms with Crippen LogP contribution in [0.25, 0.3) is 0 Å². The average Bonchev–Trinajstić information content (AvgIpc) is 3.05. The van der Waals surface area contributed by atoms with Gasteiger partial charge in [-0.3, -0.25) is 9.08 Å². The number of halogens is 2. The number of hydrogen-bond donors (Lipinski definition) is 0. The first-order chi connectivity index (χ1) is 15.2. The second-order valence-corrected chi connectivity index (χ2v) is 10.5. The van der Waals surface area contributed by atoms with Crippen molar-refractivity contribution >= 4 is 33.7 Å². The molecular weight excluding hydrogens is 464 g/mol. The van der Waals surface area contributed by atoms with Crippen molar-refractivity contribution in [3.63, 3.8) is 0 Å². The van der Waals surface area contributed by atoms with Crippen LogP contribution in [-0.2, 0) is 23.8 Å². The van der Waals surface area contributed by atoms with Crippen molar-refractivity contribution in [2.75, 3.05) is 55.4 Å². The van der Waals surface area contributed by atoms with E-state index in [0.29, 0.717) is 0 Å². The summed E-state index contributed by atoms with van der Waals surface area (Å²) < 4.78 is 66.9. The van der Waals surface area contributed by atoms with E-state index in [0.717, 1.165) is 23.3 Å². The van der Waals surface area contributed by atoms with Crippen molar-refractivity contribution in [1.29, 1.82) is 0 Å². The van der Waals surface area contributed by atoms with Crippen LogP contribution in [0.3, 0.4) is 0 Å². The van der Waals surface area contributed by atoms with E-state index in [4.69, 9.17) is 9.47 Å². The van der Waals surface area contributed by atoms with Gasteiger partial charge in [0.1, 0.15) is 24.0 Å². The molecule has 10 nitrogen and oxygen atoms in total. The predicted octanol–water partition coefficient (Wildman–Crippen LogP) is 2.32. The first-order valence-electron chi connectivity index (χ1n) is 10.3. The number of carbonyl (C=O) groups excluding carboxylic acids is 2. The molecule has 2 heterocycles. The highest BCUT2D eigenvalue weighted by atomic mass is 32.2. The Bertz CT molecular complexity index is 998. The molecule has 2 fully saturated rings. The number of hydrogen-bond acceptors (Lipinski definition) is 8. The Kier molecular flexibility index (Phi) is 7.03. The van der Waals surface area contributed by atoms with Crippen LogP contribution in [0.1, 0.15) is 20.8 Å². The van der Waals surface area contributed by atoms with E-state index in [2.05, 4.69) is 4.18 Å². The lowest BCUT2D eigenvalue weighted by atomic mass is 10.2. The summed E-state index contributed by atoms with van der Waals surface area (Å²) in [6.45, 7) is 5.60. The number of nitrogens with zero attached hydrogens (tertiary/aromatic N) is 3. The Hall–Kier alpha value is -2.67. The molecule has 0 bridgehead atoms. The van der Waals surface area contributed by atoms with Crippen LogP contribution in [0.5, 0.6) is 0 Å². The third kappa shape index (κ3) is 6.44. The first kappa shape index (κ1) is 25.0. The van der Waals surface area contributed by atoms with E-state index in [9.17, 15) is 26.8 Å². The molecule has 1 unspecified atom stereocenters. The van der Waals surface area contributed by atoms with Crippen LogP contribution in [-0.4, -0.2) is 82.8 Å². The number of benzene rings is 1. The molecule has 1 atom stereocenters. The maximum atomic E-state index is 14.9. The third-order valence-corrected chi connectivity index (χ3v) is 5.47. The second-order valence-electron chi connectivity index (χ2n) is 8.82. The molecule has 1 aromatic rings. The molecule has 0 saturated carbocycles. The second kappa shape index (κ2) is 9.29. The minimum Gasteiger partial charge on any atom is -0.444 e. The van der Waals surface area contributed by atoms with Crippen LogP contribution < -0.4 is 9.80 Å². The lowest BCUT2D eigenvalue weighted by molar-refractivity contribution is 0.0240. The molecule has 0 N–H and O–H groups in total. The Morgan fingerprint density at radius 3 is 2.24 bits per heavy atom. The van der Waals surface area contributed by atoms with E-state index in [-0.39, 0.29) is 44.1 Å². The SMILES string of the molecule is CC(C)(C)OC(=O)N1CCN(c2c(F)cc(N3CC(COS(C)(=O)=O)OC3=O)cc2F)CC1. The third-order valence-electron chi connectivity index (χ3n) is 4.90. The number of carbonyl (C=O) groups is 2. The number of cyclic esters (lactones) is 1. The van der Waals surface area contributed by atoms with Crippen LogP contribution in [0.15, 0.2) is 12.1 Å². The van der Waals surface area contributed by atoms with Gasteiger partial charge in [0.05, 0.1) is 18.5 Å². The van der Waals surface area contributed by atoms with Gasteiger partial charge in [0.15, 0.2) is 11.6 Å². The van der Waals surface area contributed by atoms with Gasteiger partial charge >= 0.3 is 12.2 Å². The summed E-state index contributed by atoms with van der Waals surface area (Å²) in [5, 5.41) is 0. The first-order valence-corrected chi connectivity index (χ1v) is 12.1. The molecule has 0 radical (unpaired) electrons. The summed E-state index contributed by atoms with van der Waals surface area (Å²) in [5.74, 6) is -1.75. The summed E-state index contributed by atoms with van der Waals surface area (Å²) in [7, 11) is -3.73. The van der Waals surface area contributed by atoms with Gasteiger partial charge in [-0.25, -0.2) is 18.4 Å². The number of anilines is 2. The minimum absolute atomic E-state index is 0.0620. The minimum atomic E-state index is -3.73. The van der Waals surface area contributed by atoms with Crippen LogP contribution in [0.4, 0.5) is 29.7 Å². The molecule has 0 aromatic heterocycles. The Labute approximate surface area is 191 Å². The van der Waals surface area contributed by atoms with E-state index < -0.39 is 52.3 Å². The highest BCUT2D eigenvalue weighted by molar-refractivity contribution is 7.85. The smallest absolute Gasteiger partial charge is 0.414 e. The van der Waals surface area contributed by atoms with Gasteiger partial charge in [-0.2, -0.15) is 8.42 Å². The van der Waals surface area contributed by atoms with Gasteiger partial charge in [0.2, 0.25) is 0 Å². The fourth-order valence-corrected chi connectivity index (χ4v) is 3.87. The van der Waals surface area contributed by atoms with Crippen molar-refractivity contribution in [3.8, 4) is 0 Å². The van der Waals surface area contributed by atoms with Crippen LogP contribution in [0, 0.1) is 11.6 Å². The summed E-state index contributed by atoms with van der Waals surface area (Å²) >= 11 is 0. The largest absolute Gasteiger partial charge is 0.444 e. The molecule has 2 amide bonds. The zero-order valence-corrected chi connectivity index (χ0v) is 19.7. The molecule has 0 spiro atoms. The standard InChI is InChI=1S/C20H27F2N3O7S/c1-20(2,3)32-18(26)24-7-5-23(6-8-24)17-15(21)9-13(10-16(17)22)25-11-14(31-19(25)27)12-30-33(4,28)29/h9-10,14H,5-8,11-12H2,1-4H3. The Morgan fingerprint density at radius 1 is 1.15 bits per heavy atom. The van der Waals surface area contributed by atoms with E-state index in [1.807, 2.05) is 0 Å². The average molecular weight is 492 g/mol. The van der Waals surface area contributed by atoms with Crippen LogP contribution >= 0.6 is 0 Å². The molecule has 13 heteroatoms. The normalized spacial score (nSPS) is 19.6. The summed E-state index contributed by atoms with van der Waals surface area (Å²) in [5.41, 5.74) is -0.963. The van der Waals surface area contributed by atoms with Gasteiger partial charge in [-0.1, -0.05) is 0 Å². The monoisotopic (exact) mass is 491 g/mol. The zero-order valence-electron chi connectivity index (χ0n) is 18.8. The van der Waals surface area contributed by atoms with E-state index >= 15 is 0 Å². The summed E-state index contributed by atoms with van der Waals surface area (Å²) in [6, 6.07) is 2.03. The van der Waals surface area contributed by atoms with Crippen molar-refractivity contribution in [3.05, 3.63) is 23.8 Å². The van der Waals surface area contributed by atoms with E-state index in [1.165, 1.54) is 9.80 Å². The van der Waals surface area contributed by atoms with Gasteiger partial charge in [0, 0.05) is 38.3 Å². The molecule has 0 aliphatic carbocycles. The molecule has 33 heavy (non-hydrogen) atoms. The predicted molar refractivity (Wildman–Crippen MR) is 115 cm³/mol. The molecule has 2 saturated heterocycles. The topological polar surface area (TPSA) is 106 Å².